The van der Waals surface area contributed by atoms with E-state index in [-0.39, 0.29) is 5.15 Å². The Kier molecular flexibility index (Phi) is 1.81. The zero-order valence-electron chi connectivity index (χ0n) is 7.15. The second-order valence-corrected chi connectivity index (χ2v) is 2.91. The van der Waals surface area contributed by atoms with Crippen LogP contribution in [0.5, 0.6) is 5.88 Å². The maximum atomic E-state index is 5.79. The number of aromatic nitrogens is 4. The first-order valence-electron chi connectivity index (χ1n) is 3.61. The van der Waals surface area contributed by atoms with E-state index in [4.69, 9.17) is 16.3 Å². The van der Waals surface area contributed by atoms with Crippen molar-refractivity contribution in [2.24, 2.45) is 7.05 Å². The molecule has 2 heterocycles. The average Bonchev–Trinajstić information content (AvgIpc) is 2.51. The number of hydrogen-bond donors (Lipinski definition) is 0. The van der Waals surface area contributed by atoms with E-state index in [0.717, 1.165) is 5.52 Å². The molecule has 0 saturated carbocycles. The lowest BCUT2D eigenvalue weighted by molar-refractivity contribution is 0.396. The standard InChI is InChI=1S/C7H7ClN4O/c1-12-3-9-4-5(12)7(13-2)11-10-6(4)8/h3H,1-2H3. The van der Waals surface area contributed by atoms with Crippen LogP contribution >= 0.6 is 11.6 Å². The molecule has 0 atom stereocenters. The second-order valence-electron chi connectivity index (χ2n) is 2.55. The largest absolute Gasteiger partial charge is 0.478 e. The van der Waals surface area contributed by atoms with Gasteiger partial charge < -0.3 is 9.30 Å². The summed E-state index contributed by atoms with van der Waals surface area (Å²) in [7, 11) is 3.38. The van der Waals surface area contributed by atoms with Crippen molar-refractivity contribution in [2.75, 3.05) is 7.11 Å². The van der Waals surface area contributed by atoms with Gasteiger partial charge >= 0.3 is 0 Å². The predicted octanol–water partition coefficient (Wildman–Crippen LogP) is 1.03. The number of ether oxygens (including phenoxy) is 1. The number of imidazole rings is 1. The Bertz CT molecular complexity index is 453. The molecule has 6 heteroatoms. The number of rotatable bonds is 1. The molecule has 0 radical (unpaired) electrons. The molecule has 0 N–H and O–H groups in total. The number of methoxy groups -OCH3 is 1. The third-order valence-electron chi connectivity index (χ3n) is 1.76. The van der Waals surface area contributed by atoms with Gasteiger partial charge in [0.25, 0.3) is 5.88 Å². The summed E-state index contributed by atoms with van der Waals surface area (Å²) >= 11 is 5.79. The molecular formula is C7H7ClN4O. The van der Waals surface area contributed by atoms with Crippen LogP contribution in [0.3, 0.4) is 0 Å². The second kappa shape index (κ2) is 2.85. The SMILES string of the molecule is COc1nnc(Cl)c2ncn(C)c12. The molecule has 0 aromatic carbocycles. The quantitative estimate of drug-likeness (QED) is 0.687. The van der Waals surface area contributed by atoms with Gasteiger partial charge in [-0.05, 0) is 0 Å². The van der Waals surface area contributed by atoms with E-state index in [1.807, 2.05) is 7.05 Å². The minimum atomic E-state index is 0.288. The molecule has 0 aliphatic carbocycles. The van der Waals surface area contributed by atoms with Gasteiger partial charge in [-0.2, -0.15) is 0 Å². The van der Waals surface area contributed by atoms with Crippen molar-refractivity contribution in [3.8, 4) is 5.88 Å². The van der Waals surface area contributed by atoms with E-state index in [2.05, 4.69) is 15.2 Å². The van der Waals surface area contributed by atoms with Gasteiger partial charge in [0.15, 0.2) is 5.15 Å². The Morgan fingerprint density at radius 1 is 1.46 bits per heavy atom. The van der Waals surface area contributed by atoms with Gasteiger partial charge in [0, 0.05) is 7.05 Å². The molecule has 0 spiro atoms. The molecule has 0 aliphatic rings. The maximum absolute atomic E-state index is 5.79. The summed E-state index contributed by atoms with van der Waals surface area (Å²) in [5.41, 5.74) is 1.36. The summed E-state index contributed by atoms with van der Waals surface area (Å²) in [6, 6.07) is 0. The van der Waals surface area contributed by atoms with Gasteiger partial charge in [-0.1, -0.05) is 11.6 Å². The minimum absolute atomic E-state index is 0.288. The molecule has 13 heavy (non-hydrogen) atoms. The van der Waals surface area contributed by atoms with Crippen LogP contribution in [-0.2, 0) is 7.05 Å². The van der Waals surface area contributed by atoms with Crippen molar-refractivity contribution in [3.63, 3.8) is 0 Å². The number of halogens is 1. The Morgan fingerprint density at radius 3 is 2.92 bits per heavy atom. The van der Waals surface area contributed by atoms with Gasteiger partial charge in [0.1, 0.15) is 11.0 Å². The number of hydrogen-bond acceptors (Lipinski definition) is 4. The molecule has 68 valence electrons. The van der Waals surface area contributed by atoms with E-state index < -0.39 is 0 Å². The molecule has 0 aliphatic heterocycles. The number of nitrogens with zero attached hydrogens (tertiary/aromatic N) is 4. The highest BCUT2D eigenvalue weighted by atomic mass is 35.5. The monoisotopic (exact) mass is 198 g/mol. The Labute approximate surface area is 79.3 Å². The molecule has 2 rings (SSSR count). The minimum Gasteiger partial charge on any atom is -0.478 e. The lowest BCUT2D eigenvalue weighted by atomic mass is 10.4. The lowest BCUT2D eigenvalue weighted by Crippen LogP contribution is -1.95. The van der Waals surface area contributed by atoms with Crippen LogP contribution in [0.2, 0.25) is 5.15 Å². The molecule has 0 bridgehead atoms. The summed E-state index contributed by atoms with van der Waals surface area (Å²) in [6.45, 7) is 0. The normalized spacial score (nSPS) is 10.7. The van der Waals surface area contributed by atoms with Crippen LogP contribution in [0.25, 0.3) is 11.0 Å². The molecule has 0 amide bonds. The molecule has 0 saturated heterocycles. The summed E-state index contributed by atoms with van der Waals surface area (Å²) in [5.74, 6) is 0.430. The fraction of sp³-hybridized carbons (Fsp3) is 0.286. The first-order chi connectivity index (χ1) is 6.24. The van der Waals surface area contributed by atoms with Crippen molar-refractivity contribution in [2.45, 2.75) is 0 Å². The van der Waals surface area contributed by atoms with Gasteiger partial charge in [0.2, 0.25) is 0 Å². The first kappa shape index (κ1) is 8.25. The topological polar surface area (TPSA) is 52.8 Å². The van der Waals surface area contributed by atoms with E-state index in [0.29, 0.717) is 11.4 Å². The van der Waals surface area contributed by atoms with Crippen LogP contribution in [0, 0.1) is 0 Å². The van der Waals surface area contributed by atoms with Crippen LogP contribution in [0.1, 0.15) is 0 Å². The van der Waals surface area contributed by atoms with Crippen LogP contribution in [0.15, 0.2) is 6.33 Å². The average molecular weight is 199 g/mol. The molecule has 0 unspecified atom stereocenters. The molecule has 2 aromatic heterocycles. The Hall–Kier alpha value is -1.36. The zero-order chi connectivity index (χ0) is 9.42. The number of fused-ring (bicyclic) bond motifs is 1. The predicted molar refractivity (Wildman–Crippen MR) is 47.9 cm³/mol. The van der Waals surface area contributed by atoms with E-state index >= 15 is 0 Å². The van der Waals surface area contributed by atoms with Crippen molar-refractivity contribution in [3.05, 3.63) is 11.5 Å². The first-order valence-corrected chi connectivity index (χ1v) is 3.99. The van der Waals surface area contributed by atoms with Crippen LogP contribution < -0.4 is 4.74 Å². The third kappa shape index (κ3) is 1.12. The fourth-order valence-corrected chi connectivity index (χ4v) is 1.33. The van der Waals surface area contributed by atoms with E-state index in [1.165, 1.54) is 7.11 Å². The van der Waals surface area contributed by atoms with E-state index in [9.17, 15) is 0 Å². The third-order valence-corrected chi connectivity index (χ3v) is 2.01. The van der Waals surface area contributed by atoms with Crippen molar-refractivity contribution >= 4 is 22.6 Å². The van der Waals surface area contributed by atoms with Crippen molar-refractivity contribution in [1.29, 1.82) is 0 Å². The summed E-state index contributed by atoms with van der Waals surface area (Å²) in [4.78, 5) is 4.07. The highest BCUT2D eigenvalue weighted by molar-refractivity contribution is 6.33. The highest BCUT2D eigenvalue weighted by Crippen LogP contribution is 2.24. The highest BCUT2D eigenvalue weighted by Gasteiger charge is 2.12. The van der Waals surface area contributed by atoms with Crippen LogP contribution in [0.4, 0.5) is 0 Å². The van der Waals surface area contributed by atoms with Gasteiger partial charge in [0.05, 0.1) is 13.4 Å². The van der Waals surface area contributed by atoms with Crippen molar-refractivity contribution < 1.29 is 4.74 Å². The molecule has 5 nitrogen and oxygen atoms in total. The zero-order valence-corrected chi connectivity index (χ0v) is 7.91. The lowest BCUT2D eigenvalue weighted by Gasteiger charge is -2.01. The van der Waals surface area contributed by atoms with Crippen LogP contribution in [-0.4, -0.2) is 26.9 Å². The smallest absolute Gasteiger partial charge is 0.259 e. The summed E-state index contributed by atoms with van der Waals surface area (Å²) in [5, 5.41) is 7.79. The van der Waals surface area contributed by atoms with E-state index in [1.54, 1.807) is 10.9 Å². The maximum Gasteiger partial charge on any atom is 0.259 e. The summed E-state index contributed by atoms with van der Waals surface area (Å²) < 4.78 is 6.81. The van der Waals surface area contributed by atoms with Crippen molar-refractivity contribution in [1.82, 2.24) is 19.7 Å². The van der Waals surface area contributed by atoms with Gasteiger partial charge in [-0.15, -0.1) is 10.2 Å². The fourth-order valence-electron chi connectivity index (χ4n) is 1.15. The molecule has 0 fully saturated rings. The van der Waals surface area contributed by atoms with Gasteiger partial charge in [-0.25, -0.2) is 4.98 Å². The molecule has 2 aromatic rings. The number of aryl methyl sites for hydroxylation is 1. The molecular weight excluding hydrogens is 192 g/mol. The Morgan fingerprint density at radius 2 is 2.23 bits per heavy atom. The Balaban J connectivity index is 2.88. The van der Waals surface area contributed by atoms with Gasteiger partial charge in [-0.3, -0.25) is 0 Å². The summed E-state index contributed by atoms with van der Waals surface area (Å²) in [6.07, 6.45) is 1.64.